The van der Waals surface area contributed by atoms with Crippen LogP contribution in [0.1, 0.15) is 44.2 Å². The molecule has 2 heterocycles. The number of aliphatic imine (C=N–C) groups is 1. The number of hydrogen-bond donors (Lipinski definition) is 2. The van der Waals surface area contributed by atoms with Crippen molar-refractivity contribution < 1.29 is 19.1 Å². The molecule has 9 nitrogen and oxygen atoms in total. The van der Waals surface area contributed by atoms with Gasteiger partial charge in [0.1, 0.15) is 17.3 Å². The highest BCUT2D eigenvalue weighted by Crippen LogP contribution is 2.40. The molecule has 2 aromatic carbocycles. The fourth-order valence-electron chi connectivity index (χ4n) is 4.26. The van der Waals surface area contributed by atoms with Gasteiger partial charge in [-0.2, -0.15) is 4.99 Å². The first kappa shape index (κ1) is 28.0. The van der Waals surface area contributed by atoms with E-state index in [9.17, 15) is 9.59 Å². The molecule has 200 valence electrons. The van der Waals surface area contributed by atoms with Crippen LogP contribution in [0.25, 0.3) is 0 Å². The van der Waals surface area contributed by atoms with Gasteiger partial charge in [0.25, 0.3) is 0 Å². The van der Waals surface area contributed by atoms with Gasteiger partial charge in [-0.25, -0.2) is 0 Å². The zero-order chi connectivity index (χ0) is 26.8. The summed E-state index contributed by atoms with van der Waals surface area (Å²) in [5.41, 5.74) is 9.51. The monoisotopic (exact) mass is 509 g/mol. The van der Waals surface area contributed by atoms with Crippen LogP contribution >= 0.6 is 0 Å². The molecule has 0 saturated carbocycles. The van der Waals surface area contributed by atoms with E-state index in [1.807, 2.05) is 6.92 Å². The number of hydrogen-bond acceptors (Lipinski definition) is 6. The molecule has 2 aliphatic rings. The summed E-state index contributed by atoms with van der Waals surface area (Å²) in [5, 5.41) is 2.51. The van der Waals surface area contributed by atoms with E-state index in [0.717, 1.165) is 56.9 Å². The molecule has 0 bridgehead atoms. The third-order valence-electron chi connectivity index (χ3n) is 6.45. The average Bonchev–Trinajstić information content (AvgIpc) is 2.89. The lowest BCUT2D eigenvalue weighted by Gasteiger charge is -2.37. The summed E-state index contributed by atoms with van der Waals surface area (Å²) in [6.45, 7) is 8.36. The van der Waals surface area contributed by atoms with E-state index in [4.69, 9.17) is 15.2 Å². The molecular formula is C28H39N5O4. The Morgan fingerprint density at radius 3 is 2.54 bits per heavy atom. The molecule has 4 rings (SSSR count). The van der Waals surface area contributed by atoms with E-state index in [1.165, 1.54) is 11.3 Å². The van der Waals surface area contributed by atoms with Crippen LogP contribution in [0, 0.1) is 0 Å². The number of methoxy groups -OCH3 is 1. The Morgan fingerprint density at radius 2 is 1.92 bits per heavy atom. The molecule has 2 aromatic rings. The topological polar surface area (TPSA) is 109 Å². The number of anilines is 2. The van der Waals surface area contributed by atoms with Crippen LogP contribution in [0.5, 0.6) is 11.5 Å². The van der Waals surface area contributed by atoms with Crippen molar-refractivity contribution in [1.82, 2.24) is 4.90 Å². The summed E-state index contributed by atoms with van der Waals surface area (Å²) in [7, 11) is 3.92. The first-order chi connectivity index (χ1) is 17.8. The van der Waals surface area contributed by atoms with E-state index >= 15 is 0 Å². The number of piperazine rings is 1. The van der Waals surface area contributed by atoms with Crippen molar-refractivity contribution in [1.29, 1.82) is 0 Å². The highest BCUT2D eigenvalue weighted by Gasteiger charge is 2.25. The Hall–Kier alpha value is -3.59. The maximum Gasteiger partial charge on any atom is 0.247 e. The van der Waals surface area contributed by atoms with Crippen molar-refractivity contribution in [2.75, 3.05) is 50.6 Å². The van der Waals surface area contributed by atoms with Crippen molar-refractivity contribution in [3.63, 3.8) is 0 Å². The summed E-state index contributed by atoms with van der Waals surface area (Å²) < 4.78 is 11.6. The molecular weight excluding hydrogens is 470 g/mol. The number of amidine groups is 1. The van der Waals surface area contributed by atoms with Crippen LogP contribution < -0.4 is 25.4 Å². The Kier molecular flexibility index (Phi) is 10.3. The number of benzene rings is 2. The molecule has 0 aromatic heterocycles. The number of nitrogens with two attached hydrogens (primary N) is 1. The molecule has 37 heavy (non-hydrogen) atoms. The second-order valence-corrected chi connectivity index (χ2v) is 9.37. The maximum atomic E-state index is 11.3. The van der Waals surface area contributed by atoms with Gasteiger partial charge in [-0.05, 0) is 63.6 Å². The van der Waals surface area contributed by atoms with Gasteiger partial charge in [-0.15, -0.1) is 0 Å². The van der Waals surface area contributed by atoms with Crippen molar-refractivity contribution >= 4 is 29.5 Å². The van der Waals surface area contributed by atoms with Crippen molar-refractivity contribution in [3.05, 3.63) is 47.5 Å². The summed E-state index contributed by atoms with van der Waals surface area (Å²) in [6.07, 6.45) is 4.21. The molecule has 0 radical (unpaired) electrons. The maximum absolute atomic E-state index is 11.3. The highest BCUT2D eigenvalue weighted by atomic mass is 16.5. The standard InChI is InChI=1S/C16H24N2O2.C12H15N3O2/c1-12-4-5-13-10-14(19-3)11-15(16(13)20-12)18-8-6-17(2)7-9-18;1-2-3-11(17)15-12(13)9-4-6-10(7-5-9)14-8-16/h10-12H,4-9H2,1-3H3;4-8H,2-3H2,1H3,(H,14,16)(H2,13,15,17). The third kappa shape index (κ3) is 7.95. The van der Waals surface area contributed by atoms with E-state index in [2.05, 4.69) is 46.2 Å². The number of carbonyl (C=O) groups excluding carboxylic acids is 2. The van der Waals surface area contributed by atoms with Gasteiger partial charge in [-0.1, -0.05) is 6.92 Å². The minimum absolute atomic E-state index is 0.195. The van der Waals surface area contributed by atoms with Gasteiger partial charge in [0.2, 0.25) is 12.3 Å². The van der Waals surface area contributed by atoms with Crippen LogP contribution in [0.4, 0.5) is 11.4 Å². The first-order valence-corrected chi connectivity index (χ1v) is 12.8. The zero-order valence-corrected chi connectivity index (χ0v) is 22.3. The van der Waals surface area contributed by atoms with Gasteiger partial charge < -0.3 is 30.3 Å². The first-order valence-electron chi connectivity index (χ1n) is 12.8. The SMILES string of the molecule is CCCC(=O)N=C(N)c1ccc(NC=O)cc1.COc1cc2c(c(N3CCN(C)CC3)c1)OC(C)CC2. The average molecular weight is 510 g/mol. The summed E-state index contributed by atoms with van der Waals surface area (Å²) in [6, 6.07) is 11.0. The second kappa shape index (κ2) is 13.6. The Balaban J connectivity index is 0.000000209. The third-order valence-corrected chi connectivity index (χ3v) is 6.45. The van der Waals surface area contributed by atoms with Crippen LogP contribution in [-0.4, -0.2) is 69.5 Å². The van der Waals surface area contributed by atoms with E-state index < -0.39 is 0 Å². The minimum Gasteiger partial charge on any atom is -0.497 e. The molecule has 1 unspecified atom stereocenters. The molecule has 2 amide bonds. The molecule has 1 saturated heterocycles. The van der Waals surface area contributed by atoms with Crippen molar-refractivity contribution in [3.8, 4) is 11.5 Å². The normalized spacial score (nSPS) is 17.6. The summed E-state index contributed by atoms with van der Waals surface area (Å²) in [4.78, 5) is 30.1. The van der Waals surface area contributed by atoms with E-state index in [1.54, 1.807) is 31.4 Å². The predicted molar refractivity (Wildman–Crippen MR) is 148 cm³/mol. The van der Waals surface area contributed by atoms with E-state index in [-0.39, 0.29) is 11.7 Å². The Bertz CT molecular complexity index is 1080. The number of aryl methyl sites for hydroxylation is 1. The number of rotatable bonds is 7. The Labute approximate surface area is 219 Å². The van der Waals surface area contributed by atoms with Gasteiger partial charge in [0.05, 0.1) is 18.9 Å². The number of fused-ring (bicyclic) bond motifs is 1. The van der Waals surface area contributed by atoms with Crippen LogP contribution in [-0.2, 0) is 16.0 Å². The molecule has 0 aliphatic carbocycles. The number of carbonyl (C=O) groups is 2. The zero-order valence-electron chi connectivity index (χ0n) is 22.3. The summed E-state index contributed by atoms with van der Waals surface area (Å²) >= 11 is 0. The highest BCUT2D eigenvalue weighted by molar-refractivity contribution is 6.04. The molecule has 9 heteroatoms. The quantitative estimate of drug-likeness (QED) is 0.334. The molecule has 1 atom stereocenters. The minimum atomic E-state index is -0.222. The fraction of sp³-hybridized carbons (Fsp3) is 0.464. The van der Waals surface area contributed by atoms with Crippen LogP contribution in [0.3, 0.4) is 0 Å². The number of ether oxygens (including phenoxy) is 2. The number of nitrogens with zero attached hydrogens (tertiary/aromatic N) is 3. The molecule has 0 spiro atoms. The molecule has 1 fully saturated rings. The van der Waals surface area contributed by atoms with Crippen LogP contribution in [0.15, 0.2) is 41.4 Å². The predicted octanol–water partition coefficient (Wildman–Crippen LogP) is 3.45. The number of likely N-dealkylation sites (N-methyl/N-ethyl adjacent to an activating group) is 1. The largest absolute Gasteiger partial charge is 0.497 e. The van der Waals surface area contributed by atoms with Crippen LogP contribution in [0.2, 0.25) is 0 Å². The lowest BCUT2D eigenvalue weighted by atomic mass is 10.0. The number of nitrogens with one attached hydrogen (secondary N) is 1. The number of amides is 2. The van der Waals surface area contributed by atoms with Crippen molar-refractivity contribution in [2.24, 2.45) is 10.7 Å². The van der Waals surface area contributed by atoms with Crippen molar-refractivity contribution in [2.45, 2.75) is 45.6 Å². The Morgan fingerprint density at radius 1 is 1.22 bits per heavy atom. The van der Waals surface area contributed by atoms with Gasteiger partial charge in [0.15, 0.2) is 0 Å². The molecule has 2 aliphatic heterocycles. The van der Waals surface area contributed by atoms with Gasteiger partial charge in [0, 0.05) is 55.5 Å². The van der Waals surface area contributed by atoms with Gasteiger partial charge in [-0.3, -0.25) is 9.59 Å². The lowest BCUT2D eigenvalue weighted by Crippen LogP contribution is -2.44. The smallest absolute Gasteiger partial charge is 0.247 e. The van der Waals surface area contributed by atoms with E-state index in [0.29, 0.717) is 30.2 Å². The fourth-order valence-corrected chi connectivity index (χ4v) is 4.26. The summed E-state index contributed by atoms with van der Waals surface area (Å²) in [5.74, 6) is 1.99. The lowest BCUT2D eigenvalue weighted by molar-refractivity contribution is -0.117. The molecule has 3 N–H and O–H groups in total. The van der Waals surface area contributed by atoms with Gasteiger partial charge >= 0.3 is 0 Å². The second-order valence-electron chi connectivity index (χ2n) is 9.37.